The average molecular weight is 1190 g/mol. The van der Waals surface area contributed by atoms with Gasteiger partial charge in [-0.3, -0.25) is 49.9 Å². The minimum absolute atomic E-state index is 0.114. The Balaban J connectivity index is 0.000000147. The largest absolute Gasteiger partial charge is 0.283 e. The van der Waals surface area contributed by atoms with Gasteiger partial charge >= 0.3 is 0 Å². The van der Waals surface area contributed by atoms with E-state index in [1.807, 2.05) is 128 Å². The first-order chi connectivity index (χ1) is 44.4. The van der Waals surface area contributed by atoms with Crippen molar-refractivity contribution in [3.63, 3.8) is 0 Å². The number of nitrogens with zero attached hydrogens (tertiary/aromatic N) is 10. The van der Waals surface area contributed by atoms with E-state index >= 15 is 0 Å². The molecule has 7 aromatic carbocycles. The SMILES string of the molecule is C[C@H](N=Cc1ccccn1)c1ccc2ccccc2c1.C[C@H](N=Cc1ccccn1)c1cccc2ccccc12.Cc1ccc([C@H](C)N=Cc2ccccn2)cc1.Cc1ccc([C@H](C)N=Cc2ccccn2)cc1.Cc1ccccc1[C@H](C)N=Cc1ccccn1. The number of rotatable bonds is 15. The number of fused-ring (bicyclic) bond motifs is 2. The van der Waals surface area contributed by atoms with E-state index in [1.54, 1.807) is 31.0 Å². The summed E-state index contributed by atoms with van der Waals surface area (Å²) in [6, 6.07) is 84.8. The third-order valence-electron chi connectivity index (χ3n) is 14.9. The van der Waals surface area contributed by atoms with Crippen LogP contribution in [0.15, 0.2) is 305 Å². The lowest BCUT2D eigenvalue weighted by atomic mass is 10.00. The number of benzene rings is 7. The Morgan fingerprint density at radius 3 is 1.00 bits per heavy atom. The van der Waals surface area contributed by atoms with E-state index in [4.69, 9.17) is 0 Å². The summed E-state index contributed by atoms with van der Waals surface area (Å²) in [5.41, 5.74) is 14.5. The van der Waals surface area contributed by atoms with Crippen LogP contribution in [-0.2, 0) is 0 Å². The number of pyridine rings is 5. The summed E-state index contributed by atoms with van der Waals surface area (Å²) in [4.78, 5) is 43.9. The van der Waals surface area contributed by atoms with Crippen molar-refractivity contribution in [2.45, 2.75) is 85.6 Å². The molecule has 454 valence electrons. The Kier molecular flexibility index (Phi) is 26.0. The van der Waals surface area contributed by atoms with Gasteiger partial charge in [-0.05, 0) is 177 Å². The Morgan fingerprint density at radius 1 is 0.264 bits per heavy atom. The second kappa shape index (κ2) is 35.8. The topological polar surface area (TPSA) is 126 Å². The van der Waals surface area contributed by atoms with Gasteiger partial charge in [0, 0.05) is 62.1 Å². The van der Waals surface area contributed by atoms with Crippen LogP contribution in [0.25, 0.3) is 21.5 Å². The van der Waals surface area contributed by atoms with E-state index in [-0.39, 0.29) is 30.2 Å². The van der Waals surface area contributed by atoms with Crippen molar-refractivity contribution in [2.75, 3.05) is 0 Å². The summed E-state index contributed by atoms with van der Waals surface area (Å²) in [5, 5.41) is 5.03. The maximum Gasteiger partial charge on any atom is 0.0808 e. The Bertz CT molecular complexity index is 4110. The summed E-state index contributed by atoms with van der Waals surface area (Å²) in [5.74, 6) is 0. The lowest BCUT2D eigenvalue weighted by Gasteiger charge is -2.10. The second-order valence-electron chi connectivity index (χ2n) is 21.9. The minimum Gasteiger partial charge on any atom is -0.283 e. The zero-order valence-corrected chi connectivity index (χ0v) is 53.3. The second-order valence-corrected chi connectivity index (χ2v) is 21.9. The first-order valence-corrected chi connectivity index (χ1v) is 30.8. The smallest absolute Gasteiger partial charge is 0.0808 e. The molecule has 12 rings (SSSR count). The Morgan fingerprint density at radius 2 is 0.582 bits per heavy atom. The number of hydrogen-bond acceptors (Lipinski definition) is 10. The van der Waals surface area contributed by atoms with E-state index in [0.29, 0.717) is 0 Å². The van der Waals surface area contributed by atoms with Gasteiger partial charge in [0.05, 0.1) is 58.7 Å². The van der Waals surface area contributed by atoms with Crippen molar-refractivity contribution in [3.05, 3.63) is 353 Å². The van der Waals surface area contributed by atoms with Crippen molar-refractivity contribution in [3.8, 4) is 0 Å². The molecule has 0 radical (unpaired) electrons. The molecule has 12 aromatic rings. The van der Waals surface area contributed by atoms with E-state index in [0.717, 1.165) is 28.5 Å². The zero-order valence-electron chi connectivity index (χ0n) is 53.3. The molecule has 0 amide bonds. The maximum atomic E-state index is 4.63. The van der Waals surface area contributed by atoms with Crippen LogP contribution < -0.4 is 0 Å². The Labute approximate surface area is 537 Å². The van der Waals surface area contributed by atoms with E-state index < -0.39 is 0 Å². The van der Waals surface area contributed by atoms with Crippen molar-refractivity contribution in [1.29, 1.82) is 0 Å². The highest BCUT2D eigenvalue weighted by molar-refractivity contribution is 5.87. The van der Waals surface area contributed by atoms with E-state index in [1.165, 1.54) is 66.1 Å². The molecule has 0 aliphatic rings. The predicted octanol–water partition coefficient (Wildman–Crippen LogP) is 19.5. The molecular formula is C81H80N10. The quantitative estimate of drug-likeness (QED) is 0.0945. The molecule has 0 unspecified atom stereocenters. The van der Waals surface area contributed by atoms with Crippen molar-refractivity contribution < 1.29 is 0 Å². The van der Waals surface area contributed by atoms with Gasteiger partial charge in [-0.1, -0.05) is 193 Å². The summed E-state index contributed by atoms with van der Waals surface area (Å²) in [7, 11) is 0. The summed E-state index contributed by atoms with van der Waals surface area (Å²) in [6.07, 6.45) is 18.0. The fourth-order valence-electron chi connectivity index (χ4n) is 9.45. The van der Waals surface area contributed by atoms with E-state index in [2.05, 4.69) is 257 Å². The summed E-state index contributed by atoms with van der Waals surface area (Å²) < 4.78 is 0. The molecule has 5 aromatic heterocycles. The van der Waals surface area contributed by atoms with Crippen LogP contribution in [0.5, 0.6) is 0 Å². The lowest BCUT2D eigenvalue weighted by Crippen LogP contribution is -1.95. The van der Waals surface area contributed by atoms with E-state index in [9.17, 15) is 0 Å². The van der Waals surface area contributed by atoms with Gasteiger partial charge in [0.2, 0.25) is 0 Å². The van der Waals surface area contributed by atoms with Crippen molar-refractivity contribution >= 4 is 52.6 Å². The summed E-state index contributed by atoms with van der Waals surface area (Å²) in [6.45, 7) is 16.8. The van der Waals surface area contributed by atoms with Crippen LogP contribution in [0, 0.1) is 20.8 Å². The lowest BCUT2D eigenvalue weighted by molar-refractivity contribution is 0.816. The molecule has 0 aliphatic carbocycles. The predicted molar refractivity (Wildman–Crippen MR) is 383 cm³/mol. The van der Waals surface area contributed by atoms with Crippen molar-refractivity contribution in [1.82, 2.24) is 24.9 Å². The van der Waals surface area contributed by atoms with Crippen LogP contribution in [0.1, 0.15) is 138 Å². The van der Waals surface area contributed by atoms with Gasteiger partial charge in [-0.2, -0.15) is 0 Å². The molecule has 0 bridgehead atoms. The van der Waals surface area contributed by atoms with Gasteiger partial charge in [-0.25, -0.2) is 0 Å². The molecule has 0 aliphatic heterocycles. The summed E-state index contributed by atoms with van der Waals surface area (Å²) >= 11 is 0. The van der Waals surface area contributed by atoms with Gasteiger partial charge in [0.25, 0.3) is 0 Å². The molecule has 0 saturated heterocycles. The molecule has 0 fully saturated rings. The minimum atomic E-state index is 0.114. The Hall–Kier alpha value is -10.8. The average Bonchev–Trinajstić information content (AvgIpc) is 2.66. The molecule has 0 N–H and O–H groups in total. The number of hydrogen-bond donors (Lipinski definition) is 0. The van der Waals surface area contributed by atoms with Gasteiger partial charge < -0.3 is 0 Å². The standard InChI is InChI=1S/2C18H16N2.3C15H16N2/c1-14(20-13-16-9-4-5-12-19-16)17-11-6-8-15-7-2-3-10-18(15)17;1-14(20-13-18-8-4-5-11-19-18)16-10-9-15-6-2-3-7-17(15)12-16;1-12-7-3-4-9-15(12)13(2)17-11-14-8-5-6-10-16-14;2*1-12-6-8-14(9-7-12)13(2)17-11-15-5-3-4-10-16-15/h2*2-14H,1H3;3*3-11,13H,1-2H3/t2*14-;3*13-/m00000/s1. The highest BCUT2D eigenvalue weighted by Gasteiger charge is 2.09. The molecular weight excluding hydrogens is 1110 g/mol. The fraction of sp³-hybridized carbons (Fsp3) is 0.160. The van der Waals surface area contributed by atoms with Crippen LogP contribution >= 0.6 is 0 Å². The first kappa shape index (κ1) is 66.1. The van der Waals surface area contributed by atoms with Crippen LogP contribution in [-0.4, -0.2) is 56.0 Å². The third kappa shape index (κ3) is 22.1. The molecule has 10 heteroatoms. The molecule has 10 nitrogen and oxygen atoms in total. The molecule has 5 heterocycles. The highest BCUT2D eigenvalue weighted by atomic mass is 14.8. The normalized spacial score (nSPS) is 12.8. The molecule has 0 spiro atoms. The first-order valence-electron chi connectivity index (χ1n) is 30.8. The molecule has 91 heavy (non-hydrogen) atoms. The highest BCUT2D eigenvalue weighted by Crippen LogP contribution is 2.27. The van der Waals surface area contributed by atoms with Gasteiger partial charge in [0.1, 0.15) is 0 Å². The third-order valence-corrected chi connectivity index (χ3v) is 14.9. The van der Waals surface area contributed by atoms with Gasteiger partial charge in [0.15, 0.2) is 0 Å². The van der Waals surface area contributed by atoms with Gasteiger partial charge in [-0.15, -0.1) is 0 Å². The van der Waals surface area contributed by atoms with Crippen LogP contribution in [0.3, 0.4) is 0 Å². The van der Waals surface area contributed by atoms with Crippen LogP contribution in [0.2, 0.25) is 0 Å². The maximum absolute atomic E-state index is 4.63. The zero-order chi connectivity index (χ0) is 63.8. The molecule has 0 saturated carbocycles. The number of aromatic nitrogens is 5. The fourth-order valence-corrected chi connectivity index (χ4v) is 9.45. The number of aliphatic imine (C=N–C) groups is 5. The van der Waals surface area contributed by atoms with Crippen LogP contribution in [0.4, 0.5) is 0 Å². The number of aryl methyl sites for hydroxylation is 3. The monoisotopic (exact) mass is 1190 g/mol. The van der Waals surface area contributed by atoms with Crippen molar-refractivity contribution in [2.24, 2.45) is 25.0 Å². The molecule has 5 atom stereocenters.